The second-order valence-electron chi connectivity index (χ2n) is 5.34. The van der Waals surface area contributed by atoms with E-state index < -0.39 is 10.0 Å². The molecule has 0 spiro atoms. The summed E-state index contributed by atoms with van der Waals surface area (Å²) in [6.07, 6.45) is -0.355. The lowest BCUT2D eigenvalue weighted by atomic mass is 10.0. The summed E-state index contributed by atoms with van der Waals surface area (Å²) < 4.78 is 32.8. The quantitative estimate of drug-likeness (QED) is 0.862. The first kappa shape index (κ1) is 17.9. The van der Waals surface area contributed by atoms with E-state index in [4.69, 9.17) is 16.3 Å². The van der Waals surface area contributed by atoms with Crippen LogP contribution in [-0.2, 0) is 14.8 Å². The molecule has 0 bridgehead atoms. The van der Waals surface area contributed by atoms with Crippen LogP contribution < -0.4 is 4.72 Å². The highest BCUT2D eigenvalue weighted by molar-refractivity contribution is 7.89. The van der Waals surface area contributed by atoms with Gasteiger partial charge in [0.05, 0.1) is 11.0 Å². The van der Waals surface area contributed by atoms with Crippen LogP contribution in [0, 0.1) is 13.8 Å². The normalized spacial score (nSPS) is 13.0. The van der Waals surface area contributed by atoms with Gasteiger partial charge in [-0.05, 0) is 42.7 Å². The Morgan fingerprint density at radius 1 is 1.13 bits per heavy atom. The number of halogens is 1. The van der Waals surface area contributed by atoms with E-state index in [1.807, 2.05) is 38.1 Å². The molecule has 2 aromatic carbocycles. The average Bonchev–Trinajstić information content (AvgIpc) is 2.52. The van der Waals surface area contributed by atoms with Crippen molar-refractivity contribution in [2.45, 2.75) is 24.8 Å². The van der Waals surface area contributed by atoms with E-state index in [9.17, 15) is 8.42 Å². The minimum atomic E-state index is -3.64. The van der Waals surface area contributed by atoms with Crippen LogP contribution >= 0.6 is 11.6 Å². The fourth-order valence-electron chi connectivity index (χ4n) is 2.28. The van der Waals surface area contributed by atoms with Gasteiger partial charge in [-0.1, -0.05) is 41.9 Å². The molecule has 0 aliphatic heterocycles. The van der Waals surface area contributed by atoms with Crippen molar-refractivity contribution in [3.05, 3.63) is 64.2 Å². The lowest BCUT2D eigenvalue weighted by Gasteiger charge is -2.18. The third-order valence-electron chi connectivity index (χ3n) is 3.73. The molecule has 124 valence electrons. The summed E-state index contributed by atoms with van der Waals surface area (Å²) in [6.45, 7) is 3.94. The van der Waals surface area contributed by atoms with Crippen LogP contribution in [0.25, 0.3) is 0 Å². The Morgan fingerprint density at radius 2 is 1.83 bits per heavy atom. The monoisotopic (exact) mass is 353 g/mol. The predicted molar refractivity (Wildman–Crippen MR) is 92.3 cm³/mol. The van der Waals surface area contributed by atoms with Gasteiger partial charge in [0.2, 0.25) is 10.0 Å². The van der Waals surface area contributed by atoms with Gasteiger partial charge >= 0.3 is 0 Å². The van der Waals surface area contributed by atoms with Gasteiger partial charge in [-0.3, -0.25) is 0 Å². The highest BCUT2D eigenvalue weighted by atomic mass is 35.5. The summed E-state index contributed by atoms with van der Waals surface area (Å²) in [5, 5.41) is 0.426. The summed E-state index contributed by atoms with van der Waals surface area (Å²) >= 11 is 6.01. The van der Waals surface area contributed by atoms with Crippen molar-refractivity contribution in [3.63, 3.8) is 0 Å². The molecule has 0 aliphatic carbocycles. The first-order valence-electron chi connectivity index (χ1n) is 7.19. The molecule has 0 saturated heterocycles. The van der Waals surface area contributed by atoms with Crippen molar-refractivity contribution in [3.8, 4) is 0 Å². The molecule has 1 unspecified atom stereocenters. The number of ether oxygens (including phenoxy) is 1. The highest BCUT2D eigenvalue weighted by Crippen LogP contribution is 2.22. The van der Waals surface area contributed by atoms with Gasteiger partial charge in [0.15, 0.2) is 0 Å². The number of aryl methyl sites for hydroxylation is 2. The zero-order chi connectivity index (χ0) is 17.0. The van der Waals surface area contributed by atoms with Crippen LogP contribution in [0.15, 0.2) is 47.4 Å². The summed E-state index contributed by atoms with van der Waals surface area (Å²) in [4.78, 5) is 0.146. The van der Waals surface area contributed by atoms with Gasteiger partial charge in [0.25, 0.3) is 0 Å². The second kappa shape index (κ2) is 7.45. The number of hydrogen-bond acceptors (Lipinski definition) is 3. The van der Waals surface area contributed by atoms with Crippen molar-refractivity contribution in [2.75, 3.05) is 13.7 Å². The minimum Gasteiger partial charge on any atom is -0.375 e. The molecule has 0 heterocycles. The van der Waals surface area contributed by atoms with E-state index in [1.165, 1.54) is 6.07 Å². The number of methoxy groups -OCH3 is 1. The maximum Gasteiger partial charge on any atom is 0.240 e. The zero-order valence-electron chi connectivity index (χ0n) is 13.3. The molecule has 2 aromatic rings. The fraction of sp³-hybridized carbons (Fsp3) is 0.294. The average molecular weight is 354 g/mol. The molecule has 0 aliphatic rings. The van der Waals surface area contributed by atoms with Crippen LogP contribution in [0.2, 0.25) is 5.02 Å². The van der Waals surface area contributed by atoms with Crippen molar-refractivity contribution >= 4 is 21.6 Å². The maximum atomic E-state index is 12.4. The first-order valence-corrected chi connectivity index (χ1v) is 9.05. The Balaban J connectivity index is 2.17. The van der Waals surface area contributed by atoms with E-state index in [0.717, 1.165) is 16.7 Å². The molecular formula is C17H20ClNO3S. The third-order valence-corrected chi connectivity index (χ3v) is 5.56. The lowest BCUT2D eigenvalue weighted by molar-refractivity contribution is 0.107. The third kappa shape index (κ3) is 4.32. The lowest BCUT2D eigenvalue weighted by Crippen LogP contribution is -2.29. The van der Waals surface area contributed by atoms with Crippen LogP contribution in [0.5, 0.6) is 0 Å². The van der Waals surface area contributed by atoms with Gasteiger partial charge < -0.3 is 4.74 Å². The number of hydrogen-bond donors (Lipinski definition) is 1. The molecule has 4 nitrogen and oxygen atoms in total. The molecule has 23 heavy (non-hydrogen) atoms. The predicted octanol–water partition coefficient (Wildman–Crippen LogP) is 3.62. The number of sulfonamides is 1. The Hall–Kier alpha value is -1.40. The molecule has 1 N–H and O–H groups in total. The molecule has 0 saturated carbocycles. The summed E-state index contributed by atoms with van der Waals surface area (Å²) in [5.41, 5.74) is 2.84. The summed E-state index contributed by atoms with van der Waals surface area (Å²) in [6, 6.07) is 12.4. The van der Waals surface area contributed by atoms with E-state index in [2.05, 4.69) is 4.72 Å². The van der Waals surface area contributed by atoms with Crippen molar-refractivity contribution in [2.24, 2.45) is 0 Å². The second-order valence-corrected chi connectivity index (χ2v) is 7.52. The Kier molecular flexibility index (Phi) is 5.81. The molecule has 0 amide bonds. The minimum absolute atomic E-state index is 0.146. The number of nitrogens with one attached hydrogen (secondary N) is 1. The van der Waals surface area contributed by atoms with Crippen LogP contribution in [0.1, 0.15) is 22.8 Å². The van der Waals surface area contributed by atoms with Gasteiger partial charge in [0, 0.05) is 18.7 Å². The molecule has 1 atom stereocenters. The van der Waals surface area contributed by atoms with Gasteiger partial charge in [-0.25, -0.2) is 13.1 Å². The standard InChI is InChI=1S/C17H20ClNO3S/c1-12-6-4-5-7-15(12)17(22-3)11-19-23(20,21)14-9-8-13(2)16(18)10-14/h4-10,17,19H,11H2,1-3H3. The molecule has 0 aromatic heterocycles. The summed E-state index contributed by atoms with van der Waals surface area (Å²) in [7, 11) is -2.08. The van der Waals surface area contributed by atoms with Gasteiger partial charge in [-0.15, -0.1) is 0 Å². The smallest absolute Gasteiger partial charge is 0.240 e. The highest BCUT2D eigenvalue weighted by Gasteiger charge is 2.19. The van der Waals surface area contributed by atoms with E-state index in [0.29, 0.717) is 5.02 Å². The van der Waals surface area contributed by atoms with E-state index >= 15 is 0 Å². The zero-order valence-corrected chi connectivity index (χ0v) is 14.9. The van der Waals surface area contributed by atoms with Gasteiger partial charge in [-0.2, -0.15) is 0 Å². The van der Waals surface area contributed by atoms with Crippen LogP contribution in [0.3, 0.4) is 0 Å². The SMILES string of the molecule is COC(CNS(=O)(=O)c1ccc(C)c(Cl)c1)c1ccccc1C. The van der Waals surface area contributed by atoms with Crippen LogP contribution in [0.4, 0.5) is 0 Å². The van der Waals surface area contributed by atoms with E-state index in [1.54, 1.807) is 19.2 Å². The van der Waals surface area contributed by atoms with Crippen molar-refractivity contribution in [1.82, 2.24) is 4.72 Å². The molecular weight excluding hydrogens is 334 g/mol. The number of rotatable bonds is 6. The molecule has 0 radical (unpaired) electrons. The number of benzene rings is 2. The Morgan fingerprint density at radius 3 is 2.43 bits per heavy atom. The maximum absolute atomic E-state index is 12.4. The Bertz CT molecular complexity index is 790. The topological polar surface area (TPSA) is 55.4 Å². The van der Waals surface area contributed by atoms with Crippen molar-refractivity contribution < 1.29 is 13.2 Å². The molecule has 2 rings (SSSR count). The largest absolute Gasteiger partial charge is 0.375 e. The van der Waals surface area contributed by atoms with Crippen molar-refractivity contribution in [1.29, 1.82) is 0 Å². The van der Waals surface area contributed by atoms with Crippen LogP contribution in [-0.4, -0.2) is 22.1 Å². The van der Waals surface area contributed by atoms with Gasteiger partial charge in [0.1, 0.15) is 0 Å². The molecule has 6 heteroatoms. The molecule has 0 fully saturated rings. The first-order chi connectivity index (χ1) is 10.8. The van der Waals surface area contributed by atoms with E-state index in [-0.39, 0.29) is 17.5 Å². The Labute approximate surface area is 142 Å². The summed E-state index contributed by atoms with van der Waals surface area (Å²) in [5.74, 6) is 0. The fourth-order valence-corrected chi connectivity index (χ4v) is 3.58.